The Morgan fingerprint density at radius 1 is 1.21 bits per heavy atom. The summed E-state index contributed by atoms with van der Waals surface area (Å²) in [5.74, 6) is 0.461. The van der Waals surface area contributed by atoms with Gasteiger partial charge in [-0.05, 0) is 44.0 Å². The number of aromatic nitrogens is 3. The molecule has 0 bridgehead atoms. The molecule has 2 aromatic heterocycles. The zero-order chi connectivity index (χ0) is 23.4. The molecule has 1 aliphatic heterocycles. The van der Waals surface area contributed by atoms with Crippen LogP contribution < -0.4 is 25.8 Å². The van der Waals surface area contributed by atoms with Gasteiger partial charge >= 0.3 is 0 Å². The minimum absolute atomic E-state index is 0.00939. The van der Waals surface area contributed by atoms with E-state index in [0.717, 1.165) is 12.8 Å². The molecule has 10 nitrogen and oxygen atoms in total. The SMILES string of the molecule is CCNC(=O)C1CCN(c2nc3ncn(CC(=O)Nc4ccc(OC)cc4)c(=O)c3s2)CC1. The van der Waals surface area contributed by atoms with Gasteiger partial charge in [0.1, 0.15) is 23.3 Å². The molecule has 4 rings (SSSR count). The van der Waals surface area contributed by atoms with Gasteiger partial charge in [0.05, 0.1) is 7.11 Å². The third-order valence-corrected chi connectivity index (χ3v) is 6.64. The smallest absolute Gasteiger partial charge is 0.273 e. The molecule has 0 spiro atoms. The van der Waals surface area contributed by atoms with Gasteiger partial charge in [-0.25, -0.2) is 4.98 Å². The van der Waals surface area contributed by atoms with Crippen LogP contribution in [0.4, 0.5) is 10.8 Å². The Morgan fingerprint density at radius 3 is 2.61 bits per heavy atom. The summed E-state index contributed by atoms with van der Waals surface area (Å²) in [4.78, 5) is 48.3. The average Bonchev–Trinajstić information content (AvgIpc) is 3.27. The lowest BCUT2D eigenvalue weighted by Gasteiger charge is -2.30. The quantitative estimate of drug-likeness (QED) is 0.541. The zero-order valence-electron chi connectivity index (χ0n) is 18.5. The van der Waals surface area contributed by atoms with E-state index in [1.165, 1.54) is 22.2 Å². The molecule has 1 fully saturated rings. The van der Waals surface area contributed by atoms with Gasteiger partial charge in [0.25, 0.3) is 5.56 Å². The third kappa shape index (κ3) is 5.14. The molecule has 0 atom stereocenters. The number of ether oxygens (including phenoxy) is 1. The van der Waals surface area contributed by atoms with Gasteiger partial charge in [-0.1, -0.05) is 11.3 Å². The number of amides is 2. The molecule has 1 saturated heterocycles. The second-order valence-corrected chi connectivity index (χ2v) is 8.74. The van der Waals surface area contributed by atoms with Crippen molar-refractivity contribution in [1.29, 1.82) is 0 Å². The number of carbonyl (C=O) groups is 2. The minimum Gasteiger partial charge on any atom is -0.497 e. The second kappa shape index (κ2) is 9.99. The van der Waals surface area contributed by atoms with E-state index in [9.17, 15) is 14.4 Å². The first-order chi connectivity index (χ1) is 16.0. The predicted octanol–water partition coefficient (Wildman–Crippen LogP) is 1.85. The van der Waals surface area contributed by atoms with E-state index in [-0.39, 0.29) is 29.8 Å². The normalized spacial score (nSPS) is 14.3. The Bertz CT molecular complexity index is 1200. The van der Waals surface area contributed by atoms with Crippen LogP contribution in [0, 0.1) is 5.92 Å². The van der Waals surface area contributed by atoms with Crippen molar-refractivity contribution in [3.8, 4) is 5.75 Å². The molecule has 174 valence electrons. The van der Waals surface area contributed by atoms with Gasteiger partial charge in [-0.2, -0.15) is 4.98 Å². The van der Waals surface area contributed by atoms with Crippen LogP contribution in [-0.2, 0) is 16.1 Å². The first-order valence-corrected chi connectivity index (χ1v) is 11.6. The molecule has 1 aromatic carbocycles. The lowest BCUT2D eigenvalue weighted by atomic mass is 9.96. The molecule has 3 heterocycles. The first-order valence-electron chi connectivity index (χ1n) is 10.8. The molecule has 0 unspecified atom stereocenters. The van der Waals surface area contributed by atoms with Crippen molar-refractivity contribution in [2.24, 2.45) is 5.92 Å². The van der Waals surface area contributed by atoms with Gasteiger partial charge in [0.15, 0.2) is 10.8 Å². The second-order valence-electron chi connectivity index (χ2n) is 7.76. The van der Waals surface area contributed by atoms with Crippen molar-refractivity contribution < 1.29 is 14.3 Å². The van der Waals surface area contributed by atoms with E-state index in [1.54, 1.807) is 31.4 Å². The van der Waals surface area contributed by atoms with Crippen LogP contribution in [0.25, 0.3) is 10.3 Å². The predicted molar refractivity (Wildman–Crippen MR) is 127 cm³/mol. The van der Waals surface area contributed by atoms with Gasteiger partial charge in [-0.15, -0.1) is 0 Å². The molecule has 11 heteroatoms. The summed E-state index contributed by atoms with van der Waals surface area (Å²) in [7, 11) is 1.57. The third-order valence-electron chi connectivity index (χ3n) is 5.55. The number of nitrogens with one attached hydrogen (secondary N) is 2. The summed E-state index contributed by atoms with van der Waals surface area (Å²) >= 11 is 1.27. The fourth-order valence-electron chi connectivity index (χ4n) is 3.76. The van der Waals surface area contributed by atoms with E-state index in [1.807, 2.05) is 6.92 Å². The van der Waals surface area contributed by atoms with Crippen LogP contribution in [0.1, 0.15) is 19.8 Å². The molecule has 1 aliphatic rings. The molecule has 3 aromatic rings. The zero-order valence-corrected chi connectivity index (χ0v) is 19.4. The maximum absolute atomic E-state index is 12.9. The number of carbonyl (C=O) groups excluding carboxylic acids is 2. The van der Waals surface area contributed by atoms with Gasteiger partial charge in [0.2, 0.25) is 11.8 Å². The first kappa shape index (κ1) is 22.7. The monoisotopic (exact) mass is 470 g/mol. The summed E-state index contributed by atoms with van der Waals surface area (Å²) in [5, 5.41) is 6.35. The van der Waals surface area contributed by atoms with E-state index < -0.39 is 0 Å². The number of hydrogen-bond acceptors (Lipinski definition) is 8. The Balaban J connectivity index is 1.43. The summed E-state index contributed by atoms with van der Waals surface area (Å²) < 4.78 is 6.80. The number of thiazole rings is 1. The van der Waals surface area contributed by atoms with Crippen LogP contribution in [-0.4, -0.2) is 53.1 Å². The minimum atomic E-state index is -0.333. The van der Waals surface area contributed by atoms with Crippen LogP contribution in [0.3, 0.4) is 0 Å². The Morgan fingerprint density at radius 2 is 1.94 bits per heavy atom. The molecule has 33 heavy (non-hydrogen) atoms. The molecule has 2 amide bonds. The van der Waals surface area contributed by atoms with Gasteiger partial charge in [0, 0.05) is 31.2 Å². The van der Waals surface area contributed by atoms with Crippen LogP contribution >= 0.6 is 11.3 Å². The maximum Gasteiger partial charge on any atom is 0.273 e. The lowest BCUT2D eigenvalue weighted by molar-refractivity contribution is -0.125. The van der Waals surface area contributed by atoms with Crippen molar-refractivity contribution in [1.82, 2.24) is 19.9 Å². The van der Waals surface area contributed by atoms with E-state index in [2.05, 4.69) is 25.5 Å². The molecule has 0 aliphatic carbocycles. The average molecular weight is 471 g/mol. The molecular weight excluding hydrogens is 444 g/mol. The number of nitrogens with zero attached hydrogens (tertiary/aromatic N) is 4. The van der Waals surface area contributed by atoms with E-state index in [4.69, 9.17) is 4.74 Å². The number of methoxy groups -OCH3 is 1. The number of rotatable bonds is 7. The van der Waals surface area contributed by atoms with Crippen LogP contribution in [0.2, 0.25) is 0 Å². The summed E-state index contributed by atoms with van der Waals surface area (Å²) in [5.41, 5.74) is 0.683. The van der Waals surface area contributed by atoms with Gasteiger partial charge in [-0.3, -0.25) is 19.0 Å². The van der Waals surface area contributed by atoms with E-state index >= 15 is 0 Å². The topological polar surface area (TPSA) is 118 Å². The number of fused-ring (bicyclic) bond motifs is 1. The molecular formula is C22H26N6O4S. The fraction of sp³-hybridized carbons (Fsp3) is 0.409. The Labute approximate surface area is 194 Å². The van der Waals surface area contributed by atoms with Gasteiger partial charge < -0.3 is 20.3 Å². The number of benzene rings is 1. The molecule has 0 radical (unpaired) electrons. The number of anilines is 2. The highest BCUT2D eigenvalue weighted by molar-refractivity contribution is 7.22. The van der Waals surface area contributed by atoms with Crippen molar-refractivity contribution in [2.45, 2.75) is 26.3 Å². The Kier molecular flexibility index (Phi) is 6.87. The molecule has 0 saturated carbocycles. The highest BCUT2D eigenvalue weighted by atomic mass is 32.1. The van der Waals surface area contributed by atoms with Crippen molar-refractivity contribution in [3.05, 3.63) is 40.9 Å². The molecule has 2 N–H and O–H groups in total. The Hall–Kier alpha value is -3.47. The van der Waals surface area contributed by atoms with Crippen molar-refractivity contribution >= 4 is 44.3 Å². The highest BCUT2D eigenvalue weighted by Gasteiger charge is 2.26. The largest absolute Gasteiger partial charge is 0.497 e. The number of piperidine rings is 1. The van der Waals surface area contributed by atoms with E-state index in [0.29, 0.717) is 46.5 Å². The fourth-order valence-corrected chi connectivity index (χ4v) is 4.78. The summed E-state index contributed by atoms with van der Waals surface area (Å²) in [6, 6.07) is 6.94. The lowest BCUT2D eigenvalue weighted by Crippen LogP contribution is -2.40. The summed E-state index contributed by atoms with van der Waals surface area (Å²) in [6.07, 6.45) is 2.83. The van der Waals surface area contributed by atoms with Crippen LogP contribution in [0.5, 0.6) is 5.75 Å². The highest BCUT2D eigenvalue weighted by Crippen LogP contribution is 2.29. The summed E-state index contributed by atoms with van der Waals surface area (Å²) in [6.45, 7) is 3.78. The van der Waals surface area contributed by atoms with Crippen molar-refractivity contribution in [3.63, 3.8) is 0 Å². The van der Waals surface area contributed by atoms with Crippen molar-refractivity contribution in [2.75, 3.05) is 37.0 Å². The maximum atomic E-state index is 12.9. The van der Waals surface area contributed by atoms with Crippen LogP contribution in [0.15, 0.2) is 35.4 Å². The standard InChI is InChI=1S/C22H26N6O4S/c1-3-23-20(30)14-8-10-27(11-9-14)22-26-19-18(33-22)21(31)28(13-24-19)12-17(29)25-15-4-6-16(32-2)7-5-15/h4-7,13-14H,3,8-12H2,1-2H3,(H,23,30)(H,25,29). The number of hydrogen-bond donors (Lipinski definition) is 2.